The van der Waals surface area contributed by atoms with E-state index in [9.17, 15) is 28.8 Å². The molecule has 0 aliphatic heterocycles. The van der Waals surface area contributed by atoms with Crippen molar-refractivity contribution >= 4 is 35.8 Å². The summed E-state index contributed by atoms with van der Waals surface area (Å²) in [5.74, 6) is 21.7. The molecule has 0 radical (unpaired) electrons. The van der Waals surface area contributed by atoms with E-state index in [0.717, 1.165) is 169 Å². The molecule has 26 bridgehead atoms. The predicted octanol–water partition coefficient (Wildman–Crippen LogP) is 25.7. The van der Waals surface area contributed by atoms with E-state index in [1.165, 1.54) is 154 Å². The van der Waals surface area contributed by atoms with Gasteiger partial charge in [-0.05, 0) is 416 Å². The first-order valence-corrected chi connectivity index (χ1v) is 55.9. The van der Waals surface area contributed by atoms with Gasteiger partial charge in [-0.2, -0.15) is 0 Å². The second-order valence-corrected chi connectivity index (χ2v) is 52.5. The number of allylic oxidation sites excluding steroid dienone is 12. The van der Waals surface area contributed by atoms with Crippen LogP contribution in [0.15, 0.2) is 72.9 Å². The van der Waals surface area contributed by atoms with Gasteiger partial charge in [-0.1, -0.05) is 162 Å². The van der Waals surface area contributed by atoms with Gasteiger partial charge in [0, 0.05) is 47.7 Å². The molecule has 0 N–H and O–H groups in total. The minimum atomic E-state index is -0.258. The van der Waals surface area contributed by atoms with Crippen molar-refractivity contribution in [2.45, 2.75) is 380 Å². The number of hydrogen-bond acceptors (Lipinski definition) is 13. The molecule has 0 spiro atoms. The zero-order chi connectivity index (χ0) is 90.8. The third-order valence-electron chi connectivity index (χ3n) is 47.6. The average Bonchev–Trinajstić information content (AvgIpc) is 1.53. The highest BCUT2D eigenvalue weighted by Gasteiger charge is 2.74. The number of methoxy groups -OCH3 is 1. The fourth-order valence-corrected chi connectivity index (χ4v) is 40.4. The van der Waals surface area contributed by atoms with E-state index >= 15 is 0 Å². The van der Waals surface area contributed by atoms with Gasteiger partial charge in [-0.3, -0.25) is 28.8 Å². The van der Waals surface area contributed by atoms with Crippen molar-refractivity contribution in [2.75, 3.05) is 13.7 Å². The highest BCUT2D eigenvalue weighted by molar-refractivity contribution is 5.78. The van der Waals surface area contributed by atoms with Gasteiger partial charge >= 0.3 is 35.8 Å². The fraction of sp³-hybridized carbons (Fsp3) is 0.847. The first-order chi connectivity index (χ1) is 62.9. The van der Waals surface area contributed by atoms with Gasteiger partial charge in [0.1, 0.15) is 33.6 Å². The molecule has 13 heteroatoms. The molecule has 21 saturated carbocycles. The molecule has 27 aliphatic carbocycles. The minimum absolute atomic E-state index is 0.0856. The van der Waals surface area contributed by atoms with Crippen LogP contribution in [-0.2, 0) is 61.9 Å². The lowest BCUT2D eigenvalue weighted by Gasteiger charge is -2.53. The molecule has 43 atom stereocenters. The quantitative estimate of drug-likeness (QED) is 0.0489. The summed E-state index contributed by atoms with van der Waals surface area (Å²) in [5, 5.41) is 0. The van der Waals surface area contributed by atoms with E-state index in [2.05, 4.69) is 156 Å². The van der Waals surface area contributed by atoms with Gasteiger partial charge in [0.25, 0.3) is 0 Å². The summed E-state index contributed by atoms with van der Waals surface area (Å²) in [7, 11) is 1.79. The van der Waals surface area contributed by atoms with Crippen molar-refractivity contribution in [1.82, 2.24) is 0 Å². The minimum Gasteiger partial charge on any atom is -0.459 e. The lowest BCUT2D eigenvalue weighted by molar-refractivity contribution is -0.205. The van der Waals surface area contributed by atoms with E-state index in [0.29, 0.717) is 118 Å². The number of carbonyl (C=O) groups is 6. The Balaban J connectivity index is 0.0000000921. The second-order valence-electron chi connectivity index (χ2n) is 52.5. The zero-order valence-electron chi connectivity index (χ0n) is 83.1. The lowest BCUT2D eigenvalue weighted by Crippen LogP contribution is -2.57. The Hall–Kier alpha value is -4.78. The van der Waals surface area contributed by atoms with Gasteiger partial charge in [-0.25, -0.2) is 0 Å². The predicted molar refractivity (Wildman–Crippen MR) is 509 cm³/mol. The maximum Gasteiger partial charge on any atom is 0.310 e. The van der Waals surface area contributed by atoms with E-state index in [4.69, 9.17) is 33.2 Å². The van der Waals surface area contributed by atoms with Crippen LogP contribution in [0.4, 0.5) is 0 Å². The maximum absolute atomic E-state index is 13.0. The van der Waals surface area contributed by atoms with Crippen LogP contribution in [0.25, 0.3) is 0 Å². The van der Waals surface area contributed by atoms with Crippen molar-refractivity contribution in [3.8, 4) is 0 Å². The Morgan fingerprint density at radius 3 is 1.13 bits per heavy atom. The standard InChI is InChI=1S/C22H30O2.C20H28O2.2C20H30O2.C19H28O3.C17H24O2/c1-2-22(24-21(23)17-8-12-3-4-13(17)7-12)11-16-10-18(22)20-15-6-5-14(9-15)19(16)20;1-2-20(11-14-10-18(20)16-5-3-4-15(14)16)22-19(21)17-9-12-6-7-13(17)8-12;1-5-20(12-15-8-9-19(20,4)18(15,2)3)22-17(21)16-11-13-6-7-14(16)10-13;1-5-20(18(2,3)15-8-9-19(20,4)12-15)22-17(21)16-11-13-6-7-14(16)10-13;1-3-19(10-14-6-7-17(19)16(14)11-21-2)22-18(20)15-9-12-4-5-13(15)8-12;1-2-17(10-12-4-6-14(17)8-12)19-16(18)15-9-11-3-5-13(15)7-11/h3-4,12-20H,2,5-11H2,1H3;6-7,12-18H,2-5,8-11H2,1H3;2*6-7,13-16H,5,8-12H2,1-4H3;4-5,12-17H,3,6-11H2,1-2H3;3,5,11-15H,2,4,6-10H2,1H3. The third kappa shape index (κ3) is 14.4. The molecule has 27 aliphatic rings. The number of fused-ring (bicyclic) bond motifs is 34. The topological polar surface area (TPSA) is 167 Å². The summed E-state index contributed by atoms with van der Waals surface area (Å²) in [4.78, 5) is 77.2. The molecule has 21 fully saturated rings. The number of ether oxygens (including phenoxy) is 7. The number of hydrogen-bond donors (Lipinski definition) is 0. The maximum atomic E-state index is 13.0. The van der Waals surface area contributed by atoms with Gasteiger partial charge < -0.3 is 33.2 Å². The van der Waals surface area contributed by atoms with Crippen LogP contribution in [0.2, 0.25) is 0 Å². The van der Waals surface area contributed by atoms with Crippen LogP contribution in [0.3, 0.4) is 0 Å². The molecule has 0 aromatic carbocycles. The van der Waals surface area contributed by atoms with Crippen LogP contribution in [0, 0.1) is 229 Å². The Kier molecular flexibility index (Phi) is 23.5. The molecule has 13 nitrogen and oxygen atoms in total. The molecule has 0 saturated heterocycles. The molecule has 27 rings (SSSR count). The Labute approximate surface area is 788 Å². The molecular weight excluding hydrogens is 1630 g/mol. The molecule has 0 amide bonds. The van der Waals surface area contributed by atoms with E-state index in [-0.39, 0.29) is 127 Å². The van der Waals surface area contributed by atoms with Crippen molar-refractivity contribution in [1.29, 1.82) is 0 Å². The monoisotopic (exact) mass is 1800 g/mol. The average molecular weight is 1800 g/mol. The zero-order valence-corrected chi connectivity index (χ0v) is 83.1. The molecular formula is C118H170O13. The third-order valence-corrected chi connectivity index (χ3v) is 47.6. The van der Waals surface area contributed by atoms with Crippen LogP contribution in [0.1, 0.15) is 346 Å². The van der Waals surface area contributed by atoms with Crippen molar-refractivity contribution in [2.24, 2.45) is 229 Å². The molecule has 131 heavy (non-hydrogen) atoms. The van der Waals surface area contributed by atoms with Crippen LogP contribution < -0.4 is 0 Å². The first-order valence-electron chi connectivity index (χ1n) is 55.9. The largest absolute Gasteiger partial charge is 0.459 e. The summed E-state index contributed by atoms with van der Waals surface area (Å²) in [5.41, 5.74) is -0.247. The normalized spacial score (nSPS) is 52.2. The van der Waals surface area contributed by atoms with E-state index < -0.39 is 0 Å². The number of esters is 6. The van der Waals surface area contributed by atoms with Gasteiger partial charge in [0.15, 0.2) is 0 Å². The Morgan fingerprint density at radius 1 is 0.305 bits per heavy atom. The van der Waals surface area contributed by atoms with Crippen molar-refractivity contribution in [3.63, 3.8) is 0 Å². The molecule has 43 unspecified atom stereocenters. The first kappa shape index (κ1) is 91.3. The summed E-state index contributed by atoms with van der Waals surface area (Å²) in [6.45, 7) is 28.4. The van der Waals surface area contributed by atoms with E-state index in [1.807, 2.05) is 0 Å². The molecule has 0 heterocycles. The lowest BCUT2D eigenvalue weighted by atomic mass is 9.59. The summed E-state index contributed by atoms with van der Waals surface area (Å²) < 4.78 is 43.5. The van der Waals surface area contributed by atoms with Crippen molar-refractivity contribution in [3.05, 3.63) is 72.9 Å². The molecule has 720 valence electrons. The summed E-state index contributed by atoms with van der Waals surface area (Å²) in [6.07, 6.45) is 76.3. The number of carbonyl (C=O) groups excluding carboxylic acids is 6. The van der Waals surface area contributed by atoms with Crippen LogP contribution >= 0.6 is 0 Å². The van der Waals surface area contributed by atoms with E-state index in [1.54, 1.807) is 7.11 Å². The summed E-state index contributed by atoms with van der Waals surface area (Å²) in [6, 6.07) is 0. The second kappa shape index (κ2) is 33.8. The Bertz CT molecular complexity index is 4550. The molecule has 0 aromatic heterocycles. The smallest absolute Gasteiger partial charge is 0.310 e. The number of rotatable bonds is 20. The SMILES string of the molecule is CCC1(OC(=O)C2CC3C=CC2C3)C2(C)CCC(C2)C1(C)C.CCC1(OC(=O)C2CC3C=CC2C3)CC2CC1C1C3CCC(C3)C21.CCC1(OC(=O)C2CC3C=CC2C3)CC2CC1C1CCCC21.CCC1(OC(=O)C2CC3C=CC2C3)CC2CCC1(C)C2(C)C.CCC1(OC(=O)C2CC3C=CC2C3)CC2CCC1C2.CCC1(OC(=O)C2CC3C=CC2C3)CC2CCC1C2COC. The van der Waals surface area contributed by atoms with Gasteiger partial charge in [0.05, 0.1) is 35.5 Å². The molecule has 0 aromatic rings. The van der Waals surface area contributed by atoms with Crippen LogP contribution in [-0.4, -0.2) is 83.1 Å². The Morgan fingerprint density at radius 2 is 0.725 bits per heavy atom. The van der Waals surface area contributed by atoms with Gasteiger partial charge in [0.2, 0.25) is 0 Å². The highest BCUT2D eigenvalue weighted by atomic mass is 16.6. The van der Waals surface area contributed by atoms with Crippen molar-refractivity contribution < 1.29 is 61.9 Å². The van der Waals surface area contributed by atoms with Crippen LogP contribution in [0.5, 0.6) is 0 Å². The van der Waals surface area contributed by atoms with Gasteiger partial charge in [-0.15, -0.1) is 0 Å². The highest BCUT2D eigenvalue weighted by Crippen LogP contribution is 2.76. The summed E-state index contributed by atoms with van der Waals surface area (Å²) >= 11 is 0. The fourth-order valence-electron chi connectivity index (χ4n) is 40.4.